The van der Waals surface area contributed by atoms with Crippen molar-refractivity contribution in [3.8, 4) is 0 Å². The molecule has 9 heteroatoms. The lowest BCUT2D eigenvalue weighted by Crippen LogP contribution is -2.49. The molecule has 5 rings (SSSR count). The molecule has 170 valence electrons. The molecule has 32 heavy (non-hydrogen) atoms. The number of fused-ring (bicyclic) bond motifs is 3. The second-order valence-corrected chi connectivity index (χ2v) is 8.93. The van der Waals surface area contributed by atoms with E-state index in [9.17, 15) is 18.0 Å². The minimum absolute atomic E-state index is 0.114. The summed E-state index contributed by atoms with van der Waals surface area (Å²) in [5, 5.41) is 2.19. The number of aromatic amines is 1. The predicted molar refractivity (Wildman–Crippen MR) is 115 cm³/mol. The lowest BCUT2D eigenvalue weighted by atomic mass is 9.87. The predicted octanol–water partition coefficient (Wildman–Crippen LogP) is 4.09. The number of H-pyrrole nitrogens is 1. The second-order valence-electron chi connectivity index (χ2n) is 8.93. The van der Waals surface area contributed by atoms with E-state index in [0.29, 0.717) is 18.9 Å². The Labute approximate surface area is 183 Å². The van der Waals surface area contributed by atoms with E-state index in [1.165, 1.54) is 10.5 Å². The molecule has 1 unspecified atom stereocenters. The highest BCUT2D eigenvalue weighted by atomic mass is 19.4. The highest BCUT2D eigenvalue weighted by Crippen LogP contribution is 2.36. The van der Waals surface area contributed by atoms with E-state index in [-0.39, 0.29) is 25.4 Å². The van der Waals surface area contributed by atoms with Crippen LogP contribution in [0.15, 0.2) is 30.7 Å². The average Bonchev–Trinajstić information content (AvgIpc) is 3.28. The first-order valence-electron chi connectivity index (χ1n) is 11.2. The van der Waals surface area contributed by atoms with E-state index in [2.05, 4.69) is 25.9 Å². The zero-order chi connectivity index (χ0) is 22.3. The van der Waals surface area contributed by atoms with Gasteiger partial charge < -0.3 is 9.88 Å². The summed E-state index contributed by atoms with van der Waals surface area (Å²) in [6.07, 6.45) is 3.58. The summed E-state index contributed by atoms with van der Waals surface area (Å²) in [5.41, 5.74) is 2.96. The zero-order valence-corrected chi connectivity index (χ0v) is 17.7. The number of aromatic nitrogens is 3. The molecular formula is C23H26F3N5O. The molecule has 3 aromatic heterocycles. The number of carbonyl (C=O) groups excluding carboxylic acids is 1. The van der Waals surface area contributed by atoms with Gasteiger partial charge in [0.1, 0.15) is 5.65 Å². The number of carbonyl (C=O) groups is 1. The first-order valence-corrected chi connectivity index (χ1v) is 11.2. The average molecular weight is 445 g/mol. The molecule has 2 aliphatic heterocycles. The third-order valence-electron chi connectivity index (χ3n) is 6.95. The Hall–Kier alpha value is -2.68. The van der Waals surface area contributed by atoms with E-state index in [1.54, 1.807) is 6.20 Å². The molecule has 1 atom stereocenters. The van der Waals surface area contributed by atoms with Crippen LogP contribution in [-0.2, 0) is 4.79 Å². The highest BCUT2D eigenvalue weighted by molar-refractivity contribution is 6.05. The van der Waals surface area contributed by atoms with Gasteiger partial charge in [0.25, 0.3) is 0 Å². The number of nitrogens with one attached hydrogen (secondary N) is 1. The van der Waals surface area contributed by atoms with Crippen LogP contribution in [0, 0.1) is 5.92 Å². The number of rotatable bonds is 3. The third kappa shape index (κ3) is 4.05. The molecule has 0 aromatic carbocycles. The molecule has 3 aromatic rings. The number of hydrogen-bond donors (Lipinski definition) is 1. The monoisotopic (exact) mass is 445 g/mol. The molecule has 6 nitrogen and oxygen atoms in total. The molecular weight excluding hydrogens is 419 g/mol. The lowest BCUT2D eigenvalue weighted by molar-refractivity contribution is -0.188. The Bertz CT molecular complexity index is 1120. The minimum atomic E-state index is -4.23. The molecule has 2 fully saturated rings. The summed E-state index contributed by atoms with van der Waals surface area (Å²) < 4.78 is 39.2. The van der Waals surface area contributed by atoms with Crippen LogP contribution in [0.4, 0.5) is 13.2 Å². The normalized spacial score (nSPS) is 21.5. The van der Waals surface area contributed by atoms with Gasteiger partial charge in [-0.15, -0.1) is 0 Å². The number of pyridine rings is 2. The number of halogens is 3. The molecule has 0 saturated carbocycles. The van der Waals surface area contributed by atoms with Gasteiger partial charge in [-0.1, -0.05) is 0 Å². The van der Waals surface area contributed by atoms with Gasteiger partial charge in [-0.3, -0.25) is 14.7 Å². The number of alkyl halides is 3. The molecule has 0 spiro atoms. The van der Waals surface area contributed by atoms with Crippen LogP contribution in [0.25, 0.3) is 21.9 Å². The molecule has 0 aliphatic carbocycles. The van der Waals surface area contributed by atoms with Crippen LogP contribution in [0.1, 0.15) is 37.2 Å². The second kappa shape index (κ2) is 8.35. The van der Waals surface area contributed by atoms with E-state index in [0.717, 1.165) is 47.9 Å². The van der Waals surface area contributed by atoms with Crippen molar-refractivity contribution in [2.45, 2.75) is 37.8 Å². The maximum Gasteiger partial charge on any atom is 0.393 e. The van der Waals surface area contributed by atoms with E-state index >= 15 is 0 Å². The Morgan fingerprint density at radius 1 is 1.12 bits per heavy atom. The molecule has 5 heterocycles. The number of amides is 1. The van der Waals surface area contributed by atoms with Crippen LogP contribution in [-0.4, -0.2) is 69.6 Å². The first kappa shape index (κ1) is 21.2. The molecule has 1 N–H and O–H groups in total. The molecule has 0 radical (unpaired) electrons. The van der Waals surface area contributed by atoms with Gasteiger partial charge in [-0.2, -0.15) is 13.2 Å². The van der Waals surface area contributed by atoms with Crippen LogP contribution in [0.3, 0.4) is 0 Å². The Morgan fingerprint density at radius 2 is 1.94 bits per heavy atom. The molecule has 0 bridgehead atoms. The van der Waals surface area contributed by atoms with Crippen LogP contribution in [0.2, 0.25) is 0 Å². The Balaban J connectivity index is 1.24. The van der Waals surface area contributed by atoms with Gasteiger partial charge >= 0.3 is 6.18 Å². The maximum atomic E-state index is 13.1. The van der Waals surface area contributed by atoms with Crippen molar-refractivity contribution >= 4 is 27.8 Å². The van der Waals surface area contributed by atoms with Gasteiger partial charge in [-0.25, -0.2) is 4.98 Å². The Kier molecular flexibility index (Phi) is 5.53. The van der Waals surface area contributed by atoms with Gasteiger partial charge in [0, 0.05) is 36.3 Å². The first-order chi connectivity index (χ1) is 15.4. The van der Waals surface area contributed by atoms with Crippen molar-refractivity contribution < 1.29 is 18.0 Å². The molecule has 2 saturated heterocycles. The summed E-state index contributed by atoms with van der Waals surface area (Å²) in [4.78, 5) is 28.2. The van der Waals surface area contributed by atoms with Gasteiger partial charge in [0.2, 0.25) is 5.91 Å². The van der Waals surface area contributed by atoms with Crippen LogP contribution >= 0.6 is 0 Å². The van der Waals surface area contributed by atoms with E-state index in [4.69, 9.17) is 0 Å². The third-order valence-corrected chi connectivity index (χ3v) is 6.95. The number of likely N-dealkylation sites (tertiary alicyclic amines) is 2. The van der Waals surface area contributed by atoms with Crippen molar-refractivity contribution in [3.05, 3.63) is 36.3 Å². The fraction of sp³-hybridized carbons (Fsp3) is 0.522. The maximum absolute atomic E-state index is 13.1. The lowest BCUT2D eigenvalue weighted by Gasteiger charge is -2.37. The summed E-state index contributed by atoms with van der Waals surface area (Å²) >= 11 is 0. The van der Waals surface area contributed by atoms with Gasteiger partial charge in [0.05, 0.1) is 24.2 Å². The fourth-order valence-electron chi connectivity index (χ4n) is 5.18. The topological polar surface area (TPSA) is 65.1 Å². The van der Waals surface area contributed by atoms with E-state index < -0.39 is 12.1 Å². The van der Waals surface area contributed by atoms with Crippen molar-refractivity contribution in [2.24, 2.45) is 5.92 Å². The van der Waals surface area contributed by atoms with Crippen LogP contribution < -0.4 is 0 Å². The largest absolute Gasteiger partial charge is 0.393 e. The summed E-state index contributed by atoms with van der Waals surface area (Å²) in [6.45, 7) is 1.91. The standard InChI is InChI=1S/C23H26F3N5O/c24-23(25,26)16-2-1-9-31(13-16)20(32)14-30-10-5-15(6-11-30)17-3-7-27-19-12-29-22-18(21(17)19)4-8-28-22/h3-4,7-8,12,15-16H,1-2,5-6,9-11,13-14H2,(H,28,29). The number of piperidine rings is 2. The quantitative estimate of drug-likeness (QED) is 0.660. The van der Waals surface area contributed by atoms with Gasteiger partial charge in [-0.05, 0) is 62.4 Å². The summed E-state index contributed by atoms with van der Waals surface area (Å²) in [6, 6.07) is 4.10. The SMILES string of the molecule is O=C(CN1CCC(c2ccnc3cnc4[nH]ccc4c23)CC1)N1CCCC(C(F)(F)F)C1. The zero-order valence-electron chi connectivity index (χ0n) is 17.7. The smallest absolute Gasteiger partial charge is 0.346 e. The molecule has 2 aliphatic rings. The van der Waals surface area contributed by atoms with Crippen molar-refractivity contribution in [1.82, 2.24) is 24.8 Å². The summed E-state index contributed by atoms with van der Waals surface area (Å²) in [5.74, 6) is -1.24. The highest BCUT2D eigenvalue weighted by Gasteiger charge is 2.42. The fourth-order valence-corrected chi connectivity index (χ4v) is 5.18. The van der Waals surface area contributed by atoms with Crippen molar-refractivity contribution in [3.63, 3.8) is 0 Å². The minimum Gasteiger partial charge on any atom is -0.346 e. The van der Waals surface area contributed by atoms with Crippen LogP contribution in [0.5, 0.6) is 0 Å². The summed E-state index contributed by atoms with van der Waals surface area (Å²) in [7, 11) is 0. The number of hydrogen-bond acceptors (Lipinski definition) is 4. The number of nitrogens with zero attached hydrogens (tertiary/aromatic N) is 4. The van der Waals surface area contributed by atoms with Crippen molar-refractivity contribution in [1.29, 1.82) is 0 Å². The van der Waals surface area contributed by atoms with E-state index in [1.807, 2.05) is 18.5 Å². The molecule has 1 amide bonds. The Morgan fingerprint density at radius 3 is 2.72 bits per heavy atom. The van der Waals surface area contributed by atoms with Gasteiger partial charge in [0.15, 0.2) is 0 Å². The van der Waals surface area contributed by atoms with Crippen molar-refractivity contribution in [2.75, 3.05) is 32.7 Å².